The standard InChI is InChI=1S/C13H26N2O2/c1-4-5-11(3)14-13(17)9-15-7-6-10(2)12(16)8-15/h10-12,16H,4-9H2,1-3H3,(H,14,17). The quantitative estimate of drug-likeness (QED) is 0.756. The minimum atomic E-state index is -0.287. The SMILES string of the molecule is CCCC(C)NC(=O)CN1CCC(C)C(O)C1. The molecule has 0 aliphatic carbocycles. The van der Waals surface area contributed by atoms with E-state index in [1.165, 1.54) is 0 Å². The van der Waals surface area contributed by atoms with E-state index in [1.807, 2.05) is 11.8 Å². The van der Waals surface area contributed by atoms with Gasteiger partial charge in [-0.05, 0) is 32.2 Å². The molecule has 1 saturated heterocycles. The van der Waals surface area contributed by atoms with Crippen molar-refractivity contribution in [3.05, 3.63) is 0 Å². The second-order valence-corrected chi connectivity index (χ2v) is 5.33. The molecule has 100 valence electrons. The summed E-state index contributed by atoms with van der Waals surface area (Å²) in [4.78, 5) is 13.8. The number of piperidine rings is 1. The molecule has 0 radical (unpaired) electrons. The molecule has 0 saturated carbocycles. The van der Waals surface area contributed by atoms with Crippen LogP contribution >= 0.6 is 0 Å². The number of nitrogens with zero attached hydrogens (tertiary/aromatic N) is 1. The molecule has 1 fully saturated rings. The van der Waals surface area contributed by atoms with Gasteiger partial charge >= 0.3 is 0 Å². The van der Waals surface area contributed by atoms with E-state index < -0.39 is 0 Å². The maximum absolute atomic E-state index is 11.8. The van der Waals surface area contributed by atoms with Gasteiger partial charge in [0.25, 0.3) is 0 Å². The number of hydrogen-bond acceptors (Lipinski definition) is 3. The van der Waals surface area contributed by atoms with Gasteiger partial charge in [-0.25, -0.2) is 0 Å². The molecule has 1 rings (SSSR count). The highest BCUT2D eigenvalue weighted by molar-refractivity contribution is 5.78. The van der Waals surface area contributed by atoms with E-state index >= 15 is 0 Å². The van der Waals surface area contributed by atoms with Crippen LogP contribution < -0.4 is 5.32 Å². The van der Waals surface area contributed by atoms with Crippen molar-refractivity contribution >= 4 is 5.91 Å². The van der Waals surface area contributed by atoms with Crippen molar-refractivity contribution in [2.45, 2.75) is 52.2 Å². The van der Waals surface area contributed by atoms with Crippen LogP contribution in [-0.4, -0.2) is 47.7 Å². The summed E-state index contributed by atoms with van der Waals surface area (Å²) in [6.07, 6.45) is 2.79. The van der Waals surface area contributed by atoms with Gasteiger partial charge in [0.15, 0.2) is 0 Å². The highest BCUT2D eigenvalue weighted by Crippen LogP contribution is 2.16. The third-order valence-electron chi connectivity index (χ3n) is 3.50. The van der Waals surface area contributed by atoms with Gasteiger partial charge in [0.05, 0.1) is 12.6 Å². The maximum atomic E-state index is 11.8. The number of aliphatic hydroxyl groups is 1. The summed E-state index contributed by atoms with van der Waals surface area (Å²) in [5.41, 5.74) is 0. The summed E-state index contributed by atoms with van der Waals surface area (Å²) in [6.45, 7) is 8.16. The zero-order chi connectivity index (χ0) is 12.8. The number of hydrogen-bond donors (Lipinski definition) is 2. The zero-order valence-electron chi connectivity index (χ0n) is 11.3. The number of nitrogens with one attached hydrogen (secondary N) is 1. The summed E-state index contributed by atoms with van der Waals surface area (Å²) < 4.78 is 0. The molecule has 0 bridgehead atoms. The van der Waals surface area contributed by atoms with E-state index in [4.69, 9.17) is 0 Å². The fourth-order valence-corrected chi connectivity index (χ4v) is 2.29. The van der Waals surface area contributed by atoms with Crippen LogP contribution in [0.4, 0.5) is 0 Å². The molecule has 0 aromatic heterocycles. The van der Waals surface area contributed by atoms with E-state index in [0.717, 1.165) is 25.8 Å². The Morgan fingerprint density at radius 2 is 2.29 bits per heavy atom. The molecule has 2 N–H and O–H groups in total. The number of carbonyl (C=O) groups is 1. The van der Waals surface area contributed by atoms with E-state index in [9.17, 15) is 9.90 Å². The Kier molecular flexibility index (Phi) is 5.92. The predicted molar refractivity (Wildman–Crippen MR) is 68.7 cm³/mol. The third-order valence-corrected chi connectivity index (χ3v) is 3.50. The van der Waals surface area contributed by atoms with Crippen LogP contribution in [0.2, 0.25) is 0 Å². The van der Waals surface area contributed by atoms with Gasteiger partial charge < -0.3 is 10.4 Å². The predicted octanol–water partition coefficient (Wildman–Crippen LogP) is 0.994. The van der Waals surface area contributed by atoms with Crippen molar-refractivity contribution in [1.82, 2.24) is 10.2 Å². The second kappa shape index (κ2) is 6.97. The lowest BCUT2D eigenvalue weighted by Gasteiger charge is -2.33. The van der Waals surface area contributed by atoms with Crippen LogP contribution in [0.25, 0.3) is 0 Å². The molecule has 1 aliphatic heterocycles. The van der Waals surface area contributed by atoms with Crippen LogP contribution in [0.1, 0.15) is 40.0 Å². The van der Waals surface area contributed by atoms with Crippen molar-refractivity contribution in [2.24, 2.45) is 5.92 Å². The molecule has 0 aromatic carbocycles. The summed E-state index contributed by atoms with van der Waals surface area (Å²) in [5, 5.41) is 12.7. The van der Waals surface area contributed by atoms with Crippen molar-refractivity contribution in [2.75, 3.05) is 19.6 Å². The molecular weight excluding hydrogens is 216 g/mol. The molecule has 0 spiro atoms. The zero-order valence-corrected chi connectivity index (χ0v) is 11.3. The number of likely N-dealkylation sites (tertiary alicyclic amines) is 1. The summed E-state index contributed by atoms with van der Waals surface area (Å²) >= 11 is 0. The average molecular weight is 242 g/mol. The molecule has 0 aromatic rings. The number of rotatable bonds is 5. The Hall–Kier alpha value is -0.610. The normalized spacial score (nSPS) is 27.8. The Morgan fingerprint density at radius 3 is 2.88 bits per heavy atom. The van der Waals surface area contributed by atoms with Crippen LogP contribution in [0, 0.1) is 5.92 Å². The van der Waals surface area contributed by atoms with Crippen LogP contribution in [-0.2, 0) is 4.79 Å². The Balaban J connectivity index is 2.27. The van der Waals surface area contributed by atoms with Crippen LogP contribution in [0.15, 0.2) is 0 Å². The topological polar surface area (TPSA) is 52.6 Å². The van der Waals surface area contributed by atoms with Gasteiger partial charge in [-0.1, -0.05) is 20.3 Å². The lowest BCUT2D eigenvalue weighted by molar-refractivity contribution is -0.123. The molecule has 1 amide bonds. The van der Waals surface area contributed by atoms with E-state index in [2.05, 4.69) is 19.2 Å². The number of carbonyl (C=O) groups excluding carboxylic acids is 1. The van der Waals surface area contributed by atoms with Crippen molar-refractivity contribution in [3.63, 3.8) is 0 Å². The summed E-state index contributed by atoms with van der Waals surface area (Å²) in [5.74, 6) is 0.432. The van der Waals surface area contributed by atoms with Gasteiger partial charge in [0, 0.05) is 12.6 Å². The van der Waals surface area contributed by atoms with Crippen molar-refractivity contribution in [3.8, 4) is 0 Å². The third kappa shape index (κ3) is 5.04. The molecule has 4 heteroatoms. The van der Waals surface area contributed by atoms with Crippen molar-refractivity contribution < 1.29 is 9.90 Å². The number of amides is 1. The van der Waals surface area contributed by atoms with Gasteiger partial charge in [-0.3, -0.25) is 9.69 Å². The first kappa shape index (κ1) is 14.5. The largest absolute Gasteiger partial charge is 0.392 e. The first-order chi connectivity index (χ1) is 8.02. The van der Waals surface area contributed by atoms with Crippen molar-refractivity contribution in [1.29, 1.82) is 0 Å². The van der Waals surface area contributed by atoms with Crippen LogP contribution in [0.5, 0.6) is 0 Å². The van der Waals surface area contributed by atoms with E-state index in [1.54, 1.807) is 0 Å². The molecule has 1 heterocycles. The molecule has 3 atom stereocenters. The lowest BCUT2D eigenvalue weighted by atomic mass is 9.96. The second-order valence-electron chi connectivity index (χ2n) is 5.33. The minimum Gasteiger partial charge on any atom is -0.392 e. The number of β-amino-alcohol motifs (C(OH)–C–C–N with tert-alkyl or cyclic N) is 1. The average Bonchev–Trinajstić information content (AvgIpc) is 2.23. The van der Waals surface area contributed by atoms with Gasteiger partial charge in [-0.2, -0.15) is 0 Å². The van der Waals surface area contributed by atoms with Gasteiger partial charge in [-0.15, -0.1) is 0 Å². The number of aliphatic hydroxyl groups excluding tert-OH is 1. The Labute approximate surface area is 104 Å². The molecule has 1 aliphatic rings. The monoisotopic (exact) mass is 242 g/mol. The summed E-state index contributed by atoms with van der Waals surface area (Å²) in [7, 11) is 0. The molecule has 3 unspecified atom stereocenters. The Morgan fingerprint density at radius 1 is 1.59 bits per heavy atom. The van der Waals surface area contributed by atoms with Gasteiger partial charge in [0.2, 0.25) is 5.91 Å². The minimum absolute atomic E-state index is 0.0766. The first-order valence-electron chi connectivity index (χ1n) is 6.72. The van der Waals surface area contributed by atoms with E-state index in [0.29, 0.717) is 19.0 Å². The molecule has 17 heavy (non-hydrogen) atoms. The fraction of sp³-hybridized carbons (Fsp3) is 0.923. The fourth-order valence-electron chi connectivity index (χ4n) is 2.29. The van der Waals surface area contributed by atoms with Crippen LogP contribution in [0.3, 0.4) is 0 Å². The maximum Gasteiger partial charge on any atom is 0.234 e. The molecular formula is C13H26N2O2. The highest BCUT2D eigenvalue weighted by atomic mass is 16.3. The lowest BCUT2D eigenvalue weighted by Crippen LogP contribution is -2.48. The Bertz CT molecular complexity index is 246. The smallest absolute Gasteiger partial charge is 0.234 e. The summed E-state index contributed by atoms with van der Waals surface area (Å²) in [6, 6.07) is 0.251. The van der Waals surface area contributed by atoms with Gasteiger partial charge in [0.1, 0.15) is 0 Å². The van der Waals surface area contributed by atoms with E-state index in [-0.39, 0.29) is 18.1 Å². The first-order valence-corrected chi connectivity index (χ1v) is 6.72. The molecule has 4 nitrogen and oxygen atoms in total. The highest BCUT2D eigenvalue weighted by Gasteiger charge is 2.25.